The van der Waals surface area contributed by atoms with Gasteiger partial charge in [0, 0.05) is 22.2 Å². The Morgan fingerprint density at radius 3 is 2.59 bits per heavy atom. The van der Waals surface area contributed by atoms with Gasteiger partial charge in [0.15, 0.2) is 0 Å². The number of carbonyl (C=O) groups is 1. The highest BCUT2D eigenvalue weighted by atomic mass is 31.2. The Labute approximate surface area is 100 Å². The van der Waals surface area contributed by atoms with E-state index in [2.05, 4.69) is 18.8 Å². The largest absolute Gasteiger partial charge is 0.358 e. The van der Waals surface area contributed by atoms with Crippen LogP contribution in [0.5, 0.6) is 0 Å². The molecule has 0 saturated heterocycles. The van der Waals surface area contributed by atoms with E-state index in [1.54, 1.807) is 18.2 Å². The van der Waals surface area contributed by atoms with E-state index >= 15 is 0 Å². The van der Waals surface area contributed by atoms with Crippen molar-refractivity contribution in [2.45, 2.75) is 19.8 Å². The third-order valence-corrected chi connectivity index (χ3v) is 3.31. The zero-order valence-electron chi connectivity index (χ0n) is 9.64. The Hall–Kier alpha value is -1.22. The second-order valence-electron chi connectivity index (χ2n) is 4.28. The molecule has 0 fully saturated rings. The van der Waals surface area contributed by atoms with Crippen LogP contribution in [0, 0.1) is 0 Å². The highest BCUT2D eigenvalue weighted by Gasteiger charge is 2.16. The molecule has 1 aromatic carbocycles. The number of hydrogen-bond donors (Lipinski definition) is 3. The van der Waals surface area contributed by atoms with Gasteiger partial charge in [-0.3, -0.25) is 4.79 Å². The van der Waals surface area contributed by atoms with Crippen LogP contribution < -0.4 is 0 Å². The molecule has 0 radical (unpaired) electrons. The van der Waals surface area contributed by atoms with Crippen LogP contribution >= 0.6 is 8.38 Å². The van der Waals surface area contributed by atoms with Crippen molar-refractivity contribution in [3.63, 3.8) is 0 Å². The van der Waals surface area contributed by atoms with Crippen LogP contribution in [0.2, 0.25) is 0 Å². The second kappa shape index (κ2) is 4.57. The lowest BCUT2D eigenvalue weighted by Crippen LogP contribution is -1.95. The first-order valence-corrected chi connectivity index (χ1v) is 6.58. The molecule has 0 aliphatic carbocycles. The zero-order chi connectivity index (χ0) is 12.6. The molecule has 17 heavy (non-hydrogen) atoms. The first kappa shape index (κ1) is 12.2. The number of hydrogen-bond acceptors (Lipinski definition) is 3. The normalized spacial score (nSPS) is 11.6. The molecule has 0 spiro atoms. The van der Waals surface area contributed by atoms with Crippen molar-refractivity contribution >= 4 is 24.8 Å². The summed E-state index contributed by atoms with van der Waals surface area (Å²) < 4.78 is 0. The Bertz CT molecular complexity index is 560. The fourth-order valence-corrected chi connectivity index (χ4v) is 2.08. The van der Waals surface area contributed by atoms with Gasteiger partial charge in [0.1, 0.15) is 0 Å². The van der Waals surface area contributed by atoms with E-state index < -0.39 is 13.9 Å². The Kier molecular flexibility index (Phi) is 3.29. The molecule has 0 atom stereocenters. The predicted molar refractivity (Wildman–Crippen MR) is 68.1 cm³/mol. The van der Waals surface area contributed by atoms with Crippen LogP contribution in [0.1, 0.15) is 35.8 Å². The van der Waals surface area contributed by atoms with Gasteiger partial charge in [-0.2, -0.15) is 0 Å². The van der Waals surface area contributed by atoms with Crippen molar-refractivity contribution < 1.29 is 14.6 Å². The smallest absolute Gasteiger partial charge is 0.243 e. The Morgan fingerprint density at radius 2 is 2.00 bits per heavy atom. The molecule has 0 aliphatic rings. The minimum absolute atomic E-state index is 0.336. The molecule has 0 saturated carbocycles. The van der Waals surface area contributed by atoms with Crippen molar-refractivity contribution in [3.8, 4) is 0 Å². The van der Waals surface area contributed by atoms with Gasteiger partial charge in [0.2, 0.25) is 13.9 Å². The molecule has 1 aromatic heterocycles. The molecule has 3 N–H and O–H groups in total. The van der Waals surface area contributed by atoms with Crippen LogP contribution in [-0.4, -0.2) is 20.3 Å². The third kappa shape index (κ3) is 2.39. The summed E-state index contributed by atoms with van der Waals surface area (Å²) in [4.78, 5) is 32.5. The summed E-state index contributed by atoms with van der Waals surface area (Å²) >= 11 is 0. The number of fused-ring (bicyclic) bond motifs is 1. The highest BCUT2D eigenvalue weighted by molar-refractivity contribution is 7.65. The van der Waals surface area contributed by atoms with Crippen LogP contribution in [0.15, 0.2) is 24.3 Å². The molecule has 90 valence electrons. The van der Waals surface area contributed by atoms with E-state index in [1.807, 2.05) is 6.07 Å². The Morgan fingerprint density at radius 1 is 1.29 bits per heavy atom. The van der Waals surface area contributed by atoms with Crippen LogP contribution in [-0.2, 0) is 0 Å². The zero-order valence-corrected chi connectivity index (χ0v) is 10.5. The van der Waals surface area contributed by atoms with Crippen molar-refractivity contribution in [2.24, 2.45) is 0 Å². The molecule has 2 aromatic rings. The van der Waals surface area contributed by atoms with E-state index in [0.29, 0.717) is 11.5 Å². The molecule has 1 heterocycles. The first-order chi connectivity index (χ1) is 7.99. The topological polar surface area (TPSA) is 73.3 Å². The molecule has 0 amide bonds. The summed E-state index contributed by atoms with van der Waals surface area (Å²) in [5, 5.41) is 0.913. The summed E-state index contributed by atoms with van der Waals surface area (Å²) in [5.41, 5.74) is 1.77. The van der Waals surface area contributed by atoms with E-state index in [4.69, 9.17) is 9.79 Å². The Balaban J connectivity index is 2.47. The van der Waals surface area contributed by atoms with Crippen molar-refractivity contribution in [1.82, 2.24) is 4.98 Å². The van der Waals surface area contributed by atoms with Gasteiger partial charge in [0.05, 0.1) is 0 Å². The molecular formula is C12H14NO3P. The maximum absolute atomic E-state index is 11.4. The standard InChI is InChI=1S/C12H14NO3P/c1-7(2)11-6-9-5-8(12(14)17(15)16)3-4-10(9)13-11/h3-7,13,15-16H,1-2H3. The number of aromatic amines is 1. The number of H-pyrrole nitrogens is 1. The average Bonchev–Trinajstić information content (AvgIpc) is 2.70. The van der Waals surface area contributed by atoms with Gasteiger partial charge in [-0.15, -0.1) is 0 Å². The quantitative estimate of drug-likeness (QED) is 0.734. The minimum Gasteiger partial charge on any atom is -0.358 e. The molecule has 2 rings (SSSR count). The maximum Gasteiger partial charge on any atom is 0.243 e. The summed E-state index contributed by atoms with van der Waals surface area (Å²) in [6.07, 6.45) is 0. The fourth-order valence-electron chi connectivity index (χ4n) is 1.71. The van der Waals surface area contributed by atoms with Gasteiger partial charge in [0.25, 0.3) is 0 Å². The molecular weight excluding hydrogens is 237 g/mol. The van der Waals surface area contributed by atoms with Crippen molar-refractivity contribution in [2.75, 3.05) is 0 Å². The number of carbonyl (C=O) groups excluding carboxylic acids is 1. The molecule has 0 aliphatic heterocycles. The molecule has 0 bridgehead atoms. The molecule has 5 heteroatoms. The van der Waals surface area contributed by atoms with Gasteiger partial charge < -0.3 is 14.8 Å². The predicted octanol–water partition coefficient (Wildman–Crippen LogP) is 2.73. The number of nitrogens with one attached hydrogen (secondary N) is 1. The van der Waals surface area contributed by atoms with E-state index in [1.165, 1.54) is 0 Å². The van der Waals surface area contributed by atoms with Crippen LogP contribution in [0.3, 0.4) is 0 Å². The van der Waals surface area contributed by atoms with E-state index in [9.17, 15) is 4.79 Å². The molecule has 0 unspecified atom stereocenters. The highest BCUT2D eigenvalue weighted by Crippen LogP contribution is 2.31. The van der Waals surface area contributed by atoms with Gasteiger partial charge >= 0.3 is 0 Å². The average molecular weight is 251 g/mol. The van der Waals surface area contributed by atoms with Gasteiger partial charge in [-0.1, -0.05) is 13.8 Å². The van der Waals surface area contributed by atoms with E-state index in [0.717, 1.165) is 16.6 Å². The number of aromatic nitrogens is 1. The van der Waals surface area contributed by atoms with Crippen molar-refractivity contribution in [3.05, 3.63) is 35.5 Å². The summed E-state index contributed by atoms with van der Waals surface area (Å²) in [7, 11) is -2.55. The summed E-state index contributed by atoms with van der Waals surface area (Å²) in [5.74, 6) is 0.384. The van der Waals surface area contributed by atoms with Crippen LogP contribution in [0.25, 0.3) is 10.9 Å². The first-order valence-electron chi connectivity index (χ1n) is 5.34. The molecule has 4 nitrogen and oxygen atoms in total. The summed E-state index contributed by atoms with van der Waals surface area (Å²) in [6.45, 7) is 4.16. The number of rotatable bonds is 3. The van der Waals surface area contributed by atoms with Crippen molar-refractivity contribution in [1.29, 1.82) is 0 Å². The minimum atomic E-state index is -2.55. The summed E-state index contributed by atoms with van der Waals surface area (Å²) in [6, 6.07) is 7.05. The monoisotopic (exact) mass is 251 g/mol. The fraction of sp³-hybridized carbons (Fsp3) is 0.250. The lowest BCUT2D eigenvalue weighted by Gasteiger charge is -2.01. The SMILES string of the molecule is CC(C)c1cc2cc(C(=O)P(O)O)ccc2[nH]1. The lowest BCUT2D eigenvalue weighted by atomic mass is 10.1. The number of benzene rings is 1. The lowest BCUT2D eigenvalue weighted by molar-refractivity contribution is 0.106. The van der Waals surface area contributed by atoms with E-state index in [-0.39, 0.29) is 0 Å². The second-order valence-corrected chi connectivity index (χ2v) is 5.26. The van der Waals surface area contributed by atoms with Gasteiger partial charge in [-0.05, 0) is 30.2 Å². The third-order valence-electron chi connectivity index (χ3n) is 2.69. The maximum atomic E-state index is 11.4. The van der Waals surface area contributed by atoms with Crippen LogP contribution in [0.4, 0.5) is 0 Å². The van der Waals surface area contributed by atoms with Gasteiger partial charge in [-0.25, -0.2) is 0 Å².